The molecule has 0 radical (unpaired) electrons. The molecule has 4 heteroatoms. The van der Waals surface area contributed by atoms with Gasteiger partial charge in [0, 0.05) is 19.7 Å². The molecule has 1 aromatic carbocycles. The Kier molecular flexibility index (Phi) is 6.21. The Labute approximate surface area is 127 Å². The van der Waals surface area contributed by atoms with Crippen LogP contribution in [0.15, 0.2) is 30.3 Å². The third-order valence-electron chi connectivity index (χ3n) is 4.23. The van der Waals surface area contributed by atoms with Crippen LogP contribution in [0.25, 0.3) is 0 Å². The molecule has 1 aliphatic heterocycles. The van der Waals surface area contributed by atoms with Crippen molar-refractivity contribution < 1.29 is 9.53 Å². The Hall–Kier alpha value is -1.39. The molecule has 1 saturated heterocycles. The van der Waals surface area contributed by atoms with Crippen LogP contribution in [-0.4, -0.2) is 38.3 Å². The van der Waals surface area contributed by atoms with Gasteiger partial charge in [0.2, 0.25) is 5.91 Å². The van der Waals surface area contributed by atoms with E-state index in [2.05, 4.69) is 22.8 Å². The molecule has 1 aliphatic rings. The van der Waals surface area contributed by atoms with Gasteiger partial charge in [0.1, 0.15) is 0 Å². The van der Waals surface area contributed by atoms with Gasteiger partial charge < -0.3 is 15.4 Å². The monoisotopic (exact) mass is 290 g/mol. The molecule has 0 spiro atoms. The zero-order chi connectivity index (χ0) is 15.1. The van der Waals surface area contributed by atoms with Crippen molar-refractivity contribution in [2.75, 3.05) is 20.2 Å². The summed E-state index contributed by atoms with van der Waals surface area (Å²) in [5.41, 5.74) is 1.24. The molecule has 116 valence electrons. The Morgan fingerprint density at radius 2 is 2.19 bits per heavy atom. The molecule has 2 rings (SSSR count). The Bertz CT molecular complexity index is 430. The molecule has 1 amide bonds. The van der Waals surface area contributed by atoms with E-state index < -0.39 is 0 Å². The molecular weight excluding hydrogens is 264 g/mol. The number of hydrogen-bond donors (Lipinski definition) is 2. The van der Waals surface area contributed by atoms with Gasteiger partial charge in [-0.3, -0.25) is 4.79 Å². The highest BCUT2D eigenvalue weighted by atomic mass is 16.5. The summed E-state index contributed by atoms with van der Waals surface area (Å²) in [5.74, 6) is -0.0622. The number of carbonyl (C=O) groups is 1. The lowest BCUT2D eigenvalue weighted by Crippen LogP contribution is -2.46. The molecule has 0 bridgehead atoms. The molecule has 21 heavy (non-hydrogen) atoms. The Balaban J connectivity index is 1.78. The van der Waals surface area contributed by atoms with E-state index in [4.69, 9.17) is 4.74 Å². The Morgan fingerprint density at radius 3 is 2.81 bits per heavy atom. The molecule has 0 aromatic heterocycles. The summed E-state index contributed by atoms with van der Waals surface area (Å²) in [6.07, 6.45) is 3.05. The maximum atomic E-state index is 12.3. The van der Waals surface area contributed by atoms with Crippen LogP contribution in [0.5, 0.6) is 0 Å². The summed E-state index contributed by atoms with van der Waals surface area (Å²) in [5, 5.41) is 6.44. The second-order valence-electron chi connectivity index (χ2n) is 5.72. The van der Waals surface area contributed by atoms with E-state index in [1.807, 2.05) is 25.1 Å². The normalized spacial score (nSPS) is 21.0. The third-order valence-corrected chi connectivity index (χ3v) is 4.23. The highest BCUT2D eigenvalue weighted by molar-refractivity contribution is 5.79. The van der Waals surface area contributed by atoms with Crippen LogP contribution >= 0.6 is 0 Å². The summed E-state index contributed by atoms with van der Waals surface area (Å²) in [6.45, 7) is 3.64. The SMILES string of the molecule is CO[C@@H](C1CCCN1)[C@@H](C)C(=O)NCCc1ccccc1. The van der Waals surface area contributed by atoms with Crippen molar-refractivity contribution in [2.24, 2.45) is 5.92 Å². The van der Waals surface area contributed by atoms with Crippen LogP contribution in [0.1, 0.15) is 25.3 Å². The largest absolute Gasteiger partial charge is 0.379 e. The van der Waals surface area contributed by atoms with E-state index >= 15 is 0 Å². The molecule has 3 atom stereocenters. The van der Waals surface area contributed by atoms with Crippen molar-refractivity contribution in [3.05, 3.63) is 35.9 Å². The van der Waals surface area contributed by atoms with E-state index in [-0.39, 0.29) is 17.9 Å². The average Bonchev–Trinajstić information content (AvgIpc) is 3.03. The van der Waals surface area contributed by atoms with Crippen molar-refractivity contribution in [3.8, 4) is 0 Å². The number of rotatable bonds is 7. The van der Waals surface area contributed by atoms with Gasteiger partial charge >= 0.3 is 0 Å². The molecule has 1 aromatic rings. The van der Waals surface area contributed by atoms with Crippen LogP contribution < -0.4 is 10.6 Å². The van der Waals surface area contributed by atoms with Gasteiger partial charge in [-0.15, -0.1) is 0 Å². The van der Waals surface area contributed by atoms with Crippen molar-refractivity contribution >= 4 is 5.91 Å². The first kappa shape index (κ1) is 16.0. The number of nitrogens with one attached hydrogen (secondary N) is 2. The number of carbonyl (C=O) groups excluding carboxylic acids is 1. The van der Waals surface area contributed by atoms with E-state index in [1.165, 1.54) is 5.56 Å². The van der Waals surface area contributed by atoms with E-state index in [0.29, 0.717) is 12.6 Å². The number of amides is 1. The lowest BCUT2D eigenvalue weighted by Gasteiger charge is -2.27. The summed E-state index contributed by atoms with van der Waals surface area (Å²) < 4.78 is 5.56. The minimum atomic E-state index is -0.138. The van der Waals surface area contributed by atoms with E-state index in [0.717, 1.165) is 25.8 Å². The lowest BCUT2D eigenvalue weighted by molar-refractivity contribution is -0.129. The molecule has 1 fully saturated rings. The maximum absolute atomic E-state index is 12.3. The van der Waals surface area contributed by atoms with Crippen molar-refractivity contribution in [1.82, 2.24) is 10.6 Å². The van der Waals surface area contributed by atoms with E-state index in [1.54, 1.807) is 7.11 Å². The molecular formula is C17H26N2O2. The van der Waals surface area contributed by atoms with Crippen LogP contribution in [0, 0.1) is 5.92 Å². The number of benzene rings is 1. The highest BCUT2D eigenvalue weighted by Crippen LogP contribution is 2.18. The molecule has 1 heterocycles. The molecule has 1 unspecified atom stereocenters. The quantitative estimate of drug-likeness (QED) is 0.804. The zero-order valence-electron chi connectivity index (χ0n) is 13.0. The van der Waals surface area contributed by atoms with Crippen LogP contribution in [0.4, 0.5) is 0 Å². The maximum Gasteiger partial charge on any atom is 0.225 e. The number of hydrogen-bond acceptors (Lipinski definition) is 3. The molecule has 2 N–H and O–H groups in total. The van der Waals surface area contributed by atoms with Gasteiger partial charge in [0.05, 0.1) is 12.0 Å². The fraction of sp³-hybridized carbons (Fsp3) is 0.588. The Morgan fingerprint density at radius 1 is 1.43 bits per heavy atom. The lowest BCUT2D eigenvalue weighted by atomic mass is 9.95. The van der Waals surface area contributed by atoms with Gasteiger partial charge in [-0.1, -0.05) is 37.3 Å². The standard InChI is InChI=1S/C17H26N2O2/c1-13(16(21-2)15-9-6-11-18-15)17(20)19-12-10-14-7-4-3-5-8-14/h3-5,7-8,13,15-16,18H,6,9-12H2,1-2H3,(H,19,20)/t13-,15?,16-/m1/s1. The third kappa shape index (κ3) is 4.55. The van der Waals surface area contributed by atoms with Crippen LogP contribution in [0.3, 0.4) is 0 Å². The molecule has 0 aliphatic carbocycles. The van der Waals surface area contributed by atoms with Crippen LogP contribution in [0.2, 0.25) is 0 Å². The highest BCUT2D eigenvalue weighted by Gasteiger charge is 2.32. The zero-order valence-corrected chi connectivity index (χ0v) is 13.0. The van der Waals surface area contributed by atoms with Gasteiger partial charge in [-0.25, -0.2) is 0 Å². The number of ether oxygens (including phenoxy) is 1. The predicted octanol–water partition coefficient (Wildman–Crippen LogP) is 1.75. The second kappa shape index (κ2) is 8.15. The molecule has 0 saturated carbocycles. The average molecular weight is 290 g/mol. The van der Waals surface area contributed by atoms with Crippen molar-refractivity contribution in [2.45, 2.75) is 38.3 Å². The predicted molar refractivity (Wildman–Crippen MR) is 84.1 cm³/mol. The topological polar surface area (TPSA) is 50.4 Å². The van der Waals surface area contributed by atoms with Gasteiger partial charge in [-0.2, -0.15) is 0 Å². The second-order valence-corrected chi connectivity index (χ2v) is 5.72. The van der Waals surface area contributed by atoms with Gasteiger partial charge in [0.25, 0.3) is 0 Å². The fourth-order valence-corrected chi connectivity index (χ4v) is 2.99. The van der Waals surface area contributed by atoms with Crippen molar-refractivity contribution in [3.63, 3.8) is 0 Å². The summed E-state index contributed by atoms with van der Waals surface area (Å²) >= 11 is 0. The first-order valence-electron chi connectivity index (χ1n) is 7.80. The van der Waals surface area contributed by atoms with Gasteiger partial charge in [-0.05, 0) is 31.4 Å². The first-order chi connectivity index (χ1) is 10.2. The minimum Gasteiger partial charge on any atom is -0.379 e. The summed E-state index contributed by atoms with van der Waals surface area (Å²) in [6, 6.07) is 10.5. The smallest absolute Gasteiger partial charge is 0.225 e. The minimum absolute atomic E-state index is 0.0516. The van der Waals surface area contributed by atoms with Crippen molar-refractivity contribution in [1.29, 1.82) is 0 Å². The molecule has 4 nitrogen and oxygen atoms in total. The van der Waals surface area contributed by atoms with Crippen LogP contribution in [-0.2, 0) is 16.0 Å². The fourth-order valence-electron chi connectivity index (χ4n) is 2.99. The first-order valence-corrected chi connectivity index (χ1v) is 7.80. The number of methoxy groups -OCH3 is 1. The summed E-state index contributed by atoms with van der Waals surface area (Å²) in [7, 11) is 1.69. The summed E-state index contributed by atoms with van der Waals surface area (Å²) in [4.78, 5) is 12.3. The van der Waals surface area contributed by atoms with E-state index in [9.17, 15) is 4.79 Å². The van der Waals surface area contributed by atoms with Gasteiger partial charge in [0.15, 0.2) is 0 Å².